The highest BCUT2D eigenvalue weighted by molar-refractivity contribution is 5.69. The van der Waals surface area contributed by atoms with Crippen LogP contribution in [0.2, 0.25) is 0 Å². The van der Waals surface area contributed by atoms with Gasteiger partial charge in [0.2, 0.25) is 12.3 Å². The van der Waals surface area contributed by atoms with E-state index in [1.165, 1.54) is 6.08 Å². The van der Waals surface area contributed by atoms with Crippen molar-refractivity contribution in [1.29, 1.82) is 0 Å². The lowest BCUT2D eigenvalue weighted by Crippen LogP contribution is -2.67. The SMILES string of the molecule is CC(=O)OC[C@H]1O[C@@H](N=C=O)[C@H](OC(C)=O)[C@@H](OC(C)=O)[C@@H]1O[C@@H]1O[C@H](COC(C)=O)[C@@H](OC(C)=O)[C@H](OC(C)=O)[C@H]1OC(C)=O. The number of carbonyl (C=O) groups excluding carboxylic acids is 8. The largest absolute Gasteiger partial charge is 0.463 e. The molecule has 256 valence electrons. The monoisotopic (exact) mass is 661 g/mol. The average Bonchev–Trinajstić information content (AvgIpc) is 2.91. The van der Waals surface area contributed by atoms with Gasteiger partial charge in [-0.3, -0.25) is 33.6 Å². The molecule has 2 fully saturated rings. The number of nitrogens with zero attached hydrogens (tertiary/aromatic N) is 1. The molecular formula is C27H35NO18. The molecule has 0 amide bonds. The van der Waals surface area contributed by atoms with Crippen molar-refractivity contribution in [3.63, 3.8) is 0 Å². The van der Waals surface area contributed by atoms with Crippen LogP contribution in [0.25, 0.3) is 0 Å². The Hall–Kier alpha value is -4.45. The van der Waals surface area contributed by atoms with Crippen LogP contribution >= 0.6 is 0 Å². The Bertz CT molecular complexity index is 1210. The summed E-state index contributed by atoms with van der Waals surface area (Å²) in [5, 5.41) is 0. The van der Waals surface area contributed by atoms with Gasteiger partial charge in [0.05, 0.1) is 0 Å². The first-order valence-electron chi connectivity index (χ1n) is 13.7. The van der Waals surface area contributed by atoms with Crippen molar-refractivity contribution < 1.29 is 85.7 Å². The molecule has 0 radical (unpaired) electrons. The fraction of sp³-hybridized carbons (Fsp3) is 0.704. The second-order valence-electron chi connectivity index (χ2n) is 9.90. The standard InChI is InChI=1S/C27H35NO18/c1-11(30)37-8-18-21(22(40-14(4)33)24(42-16(6)35)26(44-18)28-10-29)46-27-25(43-17(7)36)23(41-15(5)34)20(39-13(3)32)19(45-27)9-38-12(2)31/h18-27H,8-9H2,1-7H3/t18-,19-,20-,21-,22+,23+,24-,25-,26-,27+/m1/s1. The van der Waals surface area contributed by atoms with Crippen LogP contribution in [0, 0.1) is 0 Å². The zero-order valence-corrected chi connectivity index (χ0v) is 26.0. The minimum absolute atomic E-state index is 0.588. The molecule has 2 saturated heterocycles. The topological polar surface area (TPSA) is 241 Å². The highest BCUT2D eigenvalue weighted by atomic mass is 16.8. The highest BCUT2D eigenvalue weighted by Gasteiger charge is 2.57. The summed E-state index contributed by atoms with van der Waals surface area (Å²) in [5.41, 5.74) is 0. The van der Waals surface area contributed by atoms with Gasteiger partial charge >= 0.3 is 41.8 Å². The number of esters is 7. The summed E-state index contributed by atoms with van der Waals surface area (Å²) in [6.45, 7) is 6.02. The first-order valence-corrected chi connectivity index (χ1v) is 13.7. The third-order valence-corrected chi connectivity index (χ3v) is 6.08. The van der Waals surface area contributed by atoms with Gasteiger partial charge in [0, 0.05) is 48.5 Å². The van der Waals surface area contributed by atoms with Crippen molar-refractivity contribution in [3.8, 4) is 0 Å². The molecule has 2 rings (SSSR count). The number of rotatable bonds is 12. The van der Waals surface area contributed by atoms with Crippen LogP contribution in [0.3, 0.4) is 0 Å². The molecule has 0 aliphatic carbocycles. The summed E-state index contributed by atoms with van der Waals surface area (Å²) in [6, 6.07) is 0. The molecule has 0 aromatic heterocycles. The third-order valence-electron chi connectivity index (χ3n) is 6.08. The van der Waals surface area contributed by atoms with E-state index >= 15 is 0 Å². The molecule has 10 atom stereocenters. The van der Waals surface area contributed by atoms with E-state index in [0.717, 1.165) is 48.5 Å². The number of hydrogen-bond donors (Lipinski definition) is 0. The van der Waals surface area contributed by atoms with E-state index < -0.39 is 116 Å². The lowest BCUT2D eigenvalue weighted by molar-refractivity contribution is -0.344. The van der Waals surface area contributed by atoms with Crippen LogP contribution in [-0.4, -0.2) is 122 Å². The number of aliphatic imine (C=N–C) groups is 1. The quantitative estimate of drug-likeness (QED) is 0.105. The second kappa shape index (κ2) is 17.3. The van der Waals surface area contributed by atoms with Crippen molar-refractivity contribution in [1.82, 2.24) is 0 Å². The molecule has 0 aromatic rings. The maximum absolute atomic E-state index is 12.2. The third kappa shape index (κ3) is 11.2. The van der Waals surface area contributed by atoms with Gasteiger partial charge in [-0.1, -0.05) is 0 Å². The van der Waals surface area contributed by atoms with Crippen molar-refractivity contribution in [2.24, 2.45) is 4.99 Å². The Balaban J connectivity index is 2.73. The number of hydrogen-bond acceptors (Lipinski definition) is 19. The Morgan fingerprint density at radius 2 is 0.913 bits per heavy atom. The second-order valence-corrected chi connectivity index (χ2v) is 9.90. The Kier molecular flexibility index (Phi) is 14.2. The summed E-state index contributed by atoms with van der Waals surface area (Å²) in [5.74, 6) is -6.12. The van der Waals surface area contributed by atoms with Gasteiger partial charge in [-0.15, -0.1) is 0 Å². The summed E-state index contributed by atoms with van der Waals surface area (Å²) in [4.78, 5) is 98.7. The first-order chi connectivity index (χ1) is 21.5. The van der Waals surface area contributed by atoms with Gasteiger partial charge < -0.3 is 47.4 Å². The molecule has 2 heterocycles. The molecule has 0 unspecified atom stereocenters. The average molecular weight is 662 g/mol. The van der Waals surface area contributed by atoms with Gasteiger partial charge in [-0.25, -0.2) is 4.79 Å². The van der Waals surface area contributed by atoms with Crippen LogP contribution in [0.1, 0.15) is 48.5 Å². The fourth-order valence-electron chi connectivity index (χ4n) is 4.65. The summed E-state index contributed by atoms with van der Waals surface area (Å²) in [6.07, 6.45) is -14.9. The Labute approximate surface area is 262 Å². The summed E-state index contributed by atoms with van der Waals surface area (Å²) in [7, 11) is 0. The van der Waals surface area contributed by atoms with E-state index in [4.69, 9.17) is 47.4 Å². The molecule has 0 saturated carbocycles. The molecule has 0 N–H and O–H groups in total. The number of ether oxygens (including phenoxy) is 10. The maximum atomic E-state index is 12.2. The van der Waals surface area contributed by atoms with Gasteiger partial charge in [0.1, 0.15) is 31.5 Å². The summed E-state index contributed by atoms with van der Waals surface area (Å²) < 4.78 is 54.8. The number of carbonyl (C=O) groups is 7. The molecule has 2 aliphatic heterocycles. The van der Waals surface area contributed by atoms with Crippen LogP contribution in [-0.2, 0) is 85.7 Å². The zero-order chi connectivity index (χ0) is 34.7. The molecule has 0 aromatic carbocycles. The molecule has 0 bridgehead atoms. The van der Waals surface area contributed by atoms with Crippen molar-refractivity contribution in [2.75, 3.05) is 13.2 Å². The lowest BCUT2D eigenvalue weighted by atomic mass is 9.95. The van der Waals surface area contributed by atoms with E-state index in [1.807, 2.05) is 0 Å². The predicted molar refractivity (Wildman–Crippen MR) is 141 cm³/mol. The predicted octanol–water partition coefficient (Wildman–Crippen LogP) is -1.06. The van der Waals surface area contributed by atoms with Crippen LogP contribution in [0.5, 0.6) is 0 Å². The molecular weight excluding hydrogens is 626 g/mol. The highest BCUT2D eigenvalue weighted by Crippen LogP contribution is 2.35. The van der Waals surface area contributed by atoms with Crippen molar-refractivity contribution in [2.45, 2.75) is 110 Å². The summed E-state index contributed by atoms with van der Waals surface area (Å²) >= 11 is 0. The fourth-order valence-corrected chi connectivity index (χ4v) is 4.65. The van der Waals surface area contributed by atoms with Crippen LogP contribution in [0.15, 0.2) is 4.99 Å². The lowest BCUT2D eigenvalue weighted by Gasteiger charge is -2.48. The van der Waals surface area contributed by atoms with E-state index in [9.17, 15) is 38.4 Å². The molecule has 0 spiro atoms. The number of isocyanates is 1. The smallest absolute Gasteiger partial charge is 0.303 e. The molecule has 2 aliphatic rings. The van der Waals surface area contributed by atoms with E-state index in [1.54, 1.807) is 0 Å². The zero-order valence-electron chi connectivity index (χ0n) is 26.0. The van der Waals surface area contributed by atoms with E-state index in [-0.39, 0.29) is 0 Å². The van der Waals surface area contributed by atoms with Gasteiger partial charge in [0.25, 0.3) is 0 Å². The minimum atomic E-state index is -1.82. The van der Waals surface area contributed by atoms with Gasteiger partial charge in [-0.2, -0.15) is 4.99 Å². The van der Waals surface area contributed by atoms with Crippen molar-refractivity contribution in [3.05, 3.63) is 0 Å². The first kappa shape index (κ1) is 37.7. The Morgan fingerprint density at radius 3 is 1.35 bits per heavy atom. The van der Waals surface area contributed by atoms with Crippen LogP contribution < -0.4 is 0 Å². The van der Waals surface area contributed by atoms with Gasteiger partial charge in [-0.05, 0) is 0 Å². The van der Waals surface area contributed by atoms with Crippen LogP contribution in [0.4, 0.5) is 0 Å². The molecule has 19 nitrogen and oxygen atoms in total. The molecule has 46 heavy (non-hydrogen) atoms. The van der Waals surface area contributed by atoms with E-state index in [0.29, 0.717) is 0 Å². The molecule has 19 heteroatoms. The minimum Gasteiger partial charge on any atom is -0.463 e. The van der Waals surface area contributed by atoms with E-state index in [2.05, 4.69) is 4.99 Å². The van der Waals surface area contributed by atoms with Crippen molar-refractivity contribution >= 4 is 47.9 Å². The van der Waals surface area contributed by atoms with Gasteiger partial charge in [0.15, 0.2) is 36.8 Å². The Morgan fingerprint density at radius 1 is 0.522 bits per heavy atom. The maximum Gasteiger partial charge on any atom is 0.303 e. The normalized spacial score (nSPS) is 30.3.